The van der Waals surface area contributed by atoms with Crippen molar-refractivity contribution in [3.8, 4) is 0 Å². The Morgan fingerprint density at radius 3 is 2.85 bits per heavy atom. The Labute approximate surface area is 122 Å². The van der Waals surface area contributed by atoms with Gasteiger partial charge in [0.2, 0.25) is 0 Å². The molecule has 1 aliphatic rings. The molecule has 0 aliphatic carbocycles. The molecule has 1 atom stereocenters. The van der Waals surface area contributed by atoms with Crippen molar-refractivity contribution in [1.29, 1.82) is 0 Å². The van der Waals surface area contributed by atoms with Crippen LogP contribution in [0.2, 0.25) is 5.02 Å². The maximum atomic E-state index is 10.4. The van der Waals surface area contributed by atoms with Crippen LogP contribution in [0.25, 0.3) is 0 Å². The Balaban J connectivity index is 1.84. The van der Waals surface area contributed by atoms with Crippen molar-refractivity contribution in [1.82, 2.24) is 9.78 Å². The van der Waals surface area contributed by atoms with E-state index < -0.39 is 6.10 Å². The molecule has 4 nitrogen and oxygen atoms in total. The molecule has 2 heterocycles. The van der Waals surface area contributed by atoms with Gasteiger partial charge in [0, 0.05) is 13.5 Å². The first-order chi connectivity index (χ1) is 9.56. The third kappa shape index (κ3) is 2.35. The van der Waals surface area contributed by atoms with E-state index in [4.69, 9.17) is 16.3 Å². The number of benzene rings is 1. The SMILES string of the molecule is Cc1nn(C)c(CC(O)c2ccc3c(c2)COC3)c1Cl. The third-order valence-corrected chi connectivity index (χ3v) is 4.27. The van der Waals surface area contributed by atoms with Crippen LogP contribution in [0.15, 0.2) is 18.2 Å². The second kappa shape index (κ2) is 5.20. The van der Waals surface area contributed by atoms with Gasteiger partial charge in [0.15, 0.2) is 0 Å². The van der Waals surface area contributed by atoms with Crippen molar-refractivity contribution in [2.24, 2.45) is 7.05 Å². The number of aryl methyl sites for hydroxylation is 2. The Kier molecular flexibility index (Phi) is 3.54. The normalized spacial score (nSPS) is 15.4. The van der Waals surface area contributed by atoms with E-state index in [-0.39, 0.29) is 0 Å². The number of hydrogen-bond donors (Lipinski definition) is 1. The molecule has 1 aliphatic heterocycles. The second-order valence-corrected chi connectivity index (χ2v) is 5.59. The van der Waals surface area contributed by atoms with Crippen LogP contribution < -0.4 is 0 Å². The quantitative estimate of drug-likeness (QED) is 0.946. The van der Waals surface area contributed by atoms with E-state index in [0.29, 0.717) is 24.7 Å². The zero-order chi connectivity index (χ0) is 14.3. The minimum Gasteiger partial charge on any atom is -0.388 e. The summed E-state index contributed by atoms with van der Waals surface area (Å²) in [6, 6.07) is 6.00. The number of aliphatic hydroxyl groups is 1. The lowest BCUT2D eigenvalue weighted by molar-refractivity contribution is 0.134. The first kappa shape index (κ1) is 13.6. The van der Waals surface area contributed by atoms with Gasteiger partial charge in [-0.15, -0.1) is 0 Å². The molecule has 5 heteroatoms. The van der Waals surface area contributed by atoms with Gasteiger partial charge in [-0.05, 0) is 23.6 Å². The van der Waals surface area contributed by atoms with Gasteiger partial charge in [0.1, 0.15) is 0 Å². The zero-order valence-corrected chi connectivity index (χ0v) is 12.3. The molecule has 1 aromatic heterocycles. The number of halogens is 1. The number of aromatic nitrogens is 2. The molecule has 1 unspecified atom stereocenters. The van der Waals surface area contributed by atoms with Gasteiger partial charge in [0.25, 0.3) is 0 Å². The number of fused-ring (bicyclic) bond motifs is 1. The molecule has 0 spiro atoms. The van der Waals surface area contributed by atoms with Crippen molar-refractivity contribution < 1.29 is 9.84 Å². The maximum absolute atomic E-state index is 10.4. The van der Waals surface area contributed by atoms with E-state index in [1.807, 2.05) is 32.2 Å². The van der Waals surface area contributed by atoms with Crippen molar-refractivity contribution in [3.05, 3.63) is 51.3 Å². The minimum absolute atomic E-state index is 0.454. The molecule has 2 aromatic rings. The van der Waals surface area contributed by atoms with Gasteiger partial charge in [-0.3, -0.25) is 4.68 Å². The topological polar surface area (TPSA) is 47.3 Å². The third-order valence-electron chi connectivity index (χ3n) is 3.78. The highest BCUT2D eigenvalue weighted by atomic mass is 35.5. The number of rotatable bonds is 3. The first-order valence-corrected chi connectivity index (χ1v) is 6.99. The summed E-state index contributed by atoms with van der Waals surface area (Å²) in [4.78, 5) is 0. The molecule has 0 saturated carbocycles. The van der Waals surface area contributed by atoms with E-state index in [0.717, 1.165) is 22.5 Å². The fraction of sp³-hybridized carbons (Fsp3) is 0.400. The lowest BCUT2D eigenvalue weighted by Gasteiger charge is -2.13. The smallest absolute Gasteiger partial charge is 0.0848 e. The maximum Gasteiger partial charge on any atom is 0.0848 e. The van der Waals surface area contributed by atoms with Crippen LogP contribution >= 0.6 is 11.6 Å². The Morgan fingerprint density at radius 2 is 2.15 bits per heavy atom. The highest BCUT2D eigenvalue weighted by Gasteiger charge is 2.19. The highest BCUT2D eigenvalue weighted by molar-refractivity contribution is 6.31. The molecular weight excluding hydrogens is 276 g/mol. The summed E-state index contributed by atoms with van der Waals surface area (Å²) in [6.45, 7) is 3.16. The predicted octanol–water partition coefficient (Wildman–Crippen LogP) is 2.69. The molecule has 20 heavy (non-hydrogen) atoms. The molecule has 1 aromatic carbocycles. The molecule has 0 amide bonds. The zero-order valence-electron chi connectivity index (χ0n) is 11.6. The van der Waals surface area contributed by atoms with Gasteiger partial charge in [-0.1, -0.05) is 29.8 Å². The van der Waals surface area contributed by atoms with E-state index >= 15 is 0 Å². The largest absolute Gasteiger partial charge is 0.388 e. The highest BCUT2D eigenvalue weighted by Crippen LogP contribution is 2.28. The van der Waals surface area contributed by atoms with E-state index in [1.54, 1.807) is 4.68 Å². The summed E-state index contributed by atoms with van der Waals surface area (Å²) in [7, 11) is 1.84. The minimum atomic E-state index is -0.590. The molecule has 1 N–H and O–H groups in total. The molecule has 0 radical (unpaired) electrons. The van der Waals surface area contributed by atoms with Gasteiger partial charge in [0.05, 0.1) is 35.7 Å². The monoisotopic (exact) mass is 292 g/mol. The fourth-order valence-corrected chi connectivity index (χ4v) is 2.84. The average Bonchev–Trinajstić information content (AvgIpc) is 2.98. The van der Waals surface area contributed by atoms with E-state index in [9.17, 15) is 5.11 Å². The Bertz CT molecular complexity index is 652. The molecule has 106 valence electrons. The van der Waals surface area contributed by atoms with Gasteiger partial charge in [-0.25, -0.2) is 0 Å². The van der Waals surface area contributed by atoms with Crippen LogP contribution in [0.5, 0.6) is 0 Å². The van der Waals surface area contributed by atoms with Crippen LogP contribution in [0.1, 0.15) is 34.2 Å². The van der Waals surface area contributed by atoms with Crippen LogP contribution in [-0.4, -0.2) is 14.9 Å². The van der Waals surface area contributed by atoms with Crippen molar-refractivity contribution in [3.63, 3.8) is 0 Å². The fourth-order valence-electron chi connectivity index (χ4n) is 2.60. The Hall–Kier alpha value is -1.36. The van der Waals surface area contributed by atoms with Crippen LogP contribution in [0.3, 0.4) is 0 Å². The summed E-state index contributed by atoms with van der Waals surface area (Å²) < 4.78 is 7.13. The van der Waals surface area contributed by atoms with Crippen molar-refractivity contribution in [2.45, 2.75) is 32.7 Å². The van der Waals surface area contributed by atoms with Crippen molar-refractivity contribution in [2.75, 3.05) is 0 Å². The van der Waals surface area contributed by atoms with E-state index in [2.05, 4.69) is 5.10 Å². The standard InChI is InChI=1S/C15H17ClN2O2/c1-9-15(16)13(18(2)17-9)6-14(19)10-3-4-11-7-20-8-12(11)5-10/h3-5,14,19H,6-8H2,1-2H3. The second-order valence-electron chi connectivity index (χ2n) is 5.21. The van der Waals surface area contributed by atoms with Crippen LogP contribution in [0.4, 0.5) is 0 Å². The lowest BCUT2D eigenvalue weighted by Crippen LogP contribution is -2.07. The Morgan fingerprint density at radius 1 is 1.40 bits per heavy atom. The number of aliphatic hydroxyl groups excluding tert-OH is 1. The molecule has 0 bridgehead atoms. The number of ether oxygens (including phenoxy) is 1. The lowest BCUT2D eigenvalue weighted by atomic mass is 10.00. The van der Waals surface area contributed by atoms with Crippen LogP contribution in [-0.2, 0) is 31.4 Å². The first-order valence-electron chi connectivity index (χ1n) is 6.61. The molecule has 3 rings (SSSR count). The predicted molar refractivity (Wildman–Crippen MR) is 76.6 cm³/mol. The average molecular weight is 293 g/mol. The molecular formula is C15H17ClN2O2. The summed E-state index contributed by atoms with van der Waals surface area (Å²) in [5.74, 6) is 0. The van der Waals surface area contributed by atoms with Crippen LogP contribution in [0, 0.1) is 6.92 Å². The van der Waals surface area contributed by atoms with Crippen molar-refractivity contribution >= 4 is 11.6 Å². The number of hydrogen-bond acceptors (Lipinski definition) is 3. The van der Waals surface area contributed by atoms with E-state index in [1.165, 1.54) is 5.56 Å². The summed E-state index contributed by atoms with van der Waals surface area (Å²) in [5, 5.41) is 15.3. The number of nitrogens with zero attached hydrogens (tertiary/aromatic N) is 2. The summed E-state index contributed by atoms with van der Waals surface area (Å²) >= 11 is 6.22. The summed E-state index contributed by atoms with van der Waals surface area (Å²) in [6.07, 6.45) is -0.135. The molecule has 0 fully saturated rings. The van der Waals surface area contributed by atoms with Gasteiger partial charge >= 0.3 is 0 Å². The van der Waals surface area contributed by atoms with Gasteiger partial charge < -0.3 is 9.84 Å². The van der Waals surface area contributed by atoms with Gasteiger partial charge in [-0.2, -0.15) is 5.10 Å². The molecule has 0 saturated heterocycles. The summed E-state index contributed by atoms with van der Waals surface area (Å²) in [5.41, 5.74) is 4.90.